The molecule has 0 aliphatic rings. The van der Waals surface area contributed by atoms with Crippen LogP contribution < -0.4 is 16.2 Å². The first-order valence-electron chi connectivity index (χ1n) is 13.7. The number of imidazole rings is 1. The maximum atomic E-state index is 14.5. The summed E-state index contributed by atoms with van der Waals surface area (Å²) in [5.41, 5.74) is 2.30. The molecule has 228 valence electrons. The number of aliphatic hydroxyl groups is 1. The van der Waals surface area contributed by atoms with E-state index in [4.69, 9.17) is 4.74 Å². The van der Waals surface area contributed by atoms with Crippen molar-refractivity contribution in [2.75, 3.05) is 26.5 Å². The molecule has 3 aromatic rings. The van der Waals surface area contributed by atoms with Gasteiger partial charge in [0.2, 0.25) is 18.2 Å². The van der Waals surface area contributed by atoms with Gasteiger partial charge in [0.25, 0.3) is 5.56 Å². The minimum absolute atomic E-state index is 0.0131. The number of anilines is 1. The summed E-state index contributed by atoms with van der Waals surface area (Å²) in [5.74, 6) is -0.655. The number of nitrogens with one attached hydrogen (secondary N) is 3. The van der Waals surface area contributed by atoms with Crippen LogP contribution in [0.3, 0.4) is 0 Å². The van der Waals surface area contributed by atoms with Crippen LogP contribution in [0.25, 0.3) is 11.0 Å². The Labute approximate surface area is 244 Å². The predicted molar refractivity (Wildman–Crippen MR) is 157 cm³/mol. The number of aromatic amines is 1. The second-order valence-electron chi connectivity index (χ2n) is 10.8. The highest BCUT2D eigenvalue weighted by Gasteiger charge is 2.23. The molecule has 42 heavy (non-hydrogen) atoms. The minimum atomic E-state index is -1.42. The number of carbonyl (C=O) groups excluding carboxylic acids is 2. The van der Waals surface area contributed by atoms with E-state index in [2.05, 4.69) is 25.6 Å². The van der Waals surface area contributed by atoms with E-state index in [0.717, 1.165) is 11.8 Å². The molecule has 0 bridgehead atoms. The Morgan fingerprint density at radius 1 is 1.29 bits per heavy atom. The molecule has 13 heteroatoms. The Morgan fingerprint density at radius 2 is 2.00 bits per heavy atom. The molecule has 0 radical (unpaired) electrons. The van der Waals surface area contributed by atoms with E-state index in [1.165, 1.54) is 22.7 Å². The van der Waals surface area contributed by atoms with E-state index >= 15 is 0 Å². The number of allylic oxidation sites excluding steroid dienone is 1. The number of carbonyl (C=O) groups is 2. The number of aromatic nitrogens is 4. The normalized spacial score (nSPS) is 13.2. The molecule has 0 saturated heterocycles. The van der Waals surface area contributed by atoms with E-state index < -0.39 is 29.7 Å². The molecule has 3 heterocycles. The van der Waals surface area contributed by atoms with Crippen LogP contribution in [0.2, 0.25) is 0 Å². The van der Waals surface area contributed by atoms with Crippen molar-refractivity contribution in [3.05, 3.63) is 63.4 Å². The number of methoxy groups -OCH3 is 1. The number of hydrogen-bond acceptors (Lipinski definition) is 8. The van der Waals surface area contributed by atoms with Gasteiger partial charge in [-0.15, -0.1) is 0 Å². The fraction of sp³-hybridized carbons (Fsp3) is 0.483. The molecule has 0 spiro atoms. The van der Waals surface area contributed by atoms with E-state index in [0.29, 0.717) is 41.5 Å². The van der Waals surface area contributed by atoms with Gasteiger partial charge in [-0.25, -0.2) is 9.37 Å². The Balaban J connectivity index is 1.88. The molecule has 0 saturated carbocycles. The summed E-state index contributed by atoms with van der Waals surface area (Å²) in [6.45, 7) is 7.68. The highest BCUT2D eigenvalue weighted by molar-refractivity contribution is 5.94. The molecule has 0 aliphatic heterocycles. The lowest BCUT2D eigenvalue weighted by molar-refractivity contribution is -0.129. The van der Waals surface area contributed by atoms with Crippen LogP contribution in [0.1, 0.15) is 49.5 Å². The summed E-state index contributed by atoms with van der Waals surface area (Å²) < 4.78 is 20.8. The number of pyridine rings is 2. The van der Waals surface area contributed by atoms with Crippen molar-refractivity contribution in [2.24, 2.45) is 5.92 Å². The number of rotatable bonds is 13. The second kappa shape index (κ2) is 14.3. The van der Waals surface area contributed by atoms with Crippen molar-refractivity contribution < 1.29 is 23.8 Å². The molecular formula is C29H40FN7O5. The predicted octanol–water partition coefficient (Wildman–Crippen LogP) is 2.37. The molecule has 4 N–H and O–H groups in total. The highest BCUT2D eigenvalue weighted by Crippen LogP contribution is 2.21. The molecule has 1 unspecified atom stereocenters. The third-order valence-corrected chi connectivity index (χ3v) is 6.79. The summed E-state index contributed by atoms with van der Waals surface area (Å²) >= 11 is 0. The molecule has 0 fully saturated rings. The summed E-state index contributed by atoms with van der Waals surface area (Å²) in [6.07, 6.45) is 3.94. The average Bonchev–Trinajstić information content (AvgIpc) is 3.37. The number of amides is 2. The summed E-state index contributed by atoms with van der Waals surface area (Å²) in [5, 5.41) is 15.3. The van der Waals surface area contributed by atoms with Crippen LogP contribution in [-0.4, -0.2) is 75.0 Å². The number of aryl methyl sites for hydroxylation is 1. The zero-order chi connectivity index (χ0) is 31.1. The second-order valence-corrected chi connectivity index (χ2v) is 10.8. The van der Waals surface area contributed by atoms with Crippen LogP contribution in [0.5, 0.6) is 0 Å². The van der Waals surface area contributed by atoms with Gasteiger partial charge in [0, 0.05) is 26.9 Å². The Hall–Kier alpha value is -3.94. The maximum absolute atomic E-state index is 14.5. The van der Waals surface area contributed by atoms with E-state index in [1.807, 2.05) is 13.8 Å². The number of halogens is 1. The summed E-state index contributed by atoms with van der Waals surface area (Å²) in [6, 6.07) is 0.632. The molecule has 3 aromatic heterocycles. The van der Waals surface area contributed by atoms with Crippen LogP contribution in [0, 0.1) is 25.6 Å². The van der Waals surface area contributed by atoms with Gasteiger partial charge >= 0.3 is 0 Å². The molecule has 2 atom stereocenters. The fourth-order valence-corrected chi connectivity index (χ4v) is 4.35. The fourth-order valence-electron chi connectivity index (χ4n) is 4.35. The van der Waals surface area contributed by atoms with Crippen LogP contribution >= 0.6 is 0 Å². The zero-order valence-corrected chi connectivity index (χ0v) is 25.1. The third kappa shape index (κ3) is 8.08. The molecule has 0 aliphatic carbocycles. The van der Waals surface area contributed by atoms with Crippen molar-refractivity contribution in [2.45, 2.75) is 66.0 Å². The Kier molecular flexibility index (Phi) is 11.1. The van der Waals surface area contributed by atoms with Crippen LogP contribution in [0.4, 0.5) is 10.1 Å². The monoisotopic (exact) mass is 585 g/mol. The average molecular weight is 586 g/mol. The first-order valence-corrected chi connectivity index (χ1v) is 13.7. The van der Waals surface area contributed by atoms with Gasteiger partial charge in [-0.05, 0) is 56.7 Å². The lowest BCUT2D eigenvalue weighted by atomic mass is 10.1. The number of hydrogen-bond donors (Lipinski definition) is 4. The summed E-state index contributed by atoms with van der Waals surface area (Å²) in [4.78, 5) is 51.8. The molecule has 3 rings (SSSR count). The lowest BCUT2D eigenvalue weighted by Gasteiger charge is -2.21. The largest absolute Gasteiger partial charge is 0.356 e. The van der Waals surface area contributed by atoms with Crippen molar-refractivity contribution in [3.63, 3.8) is 0 Å². The quantitative estimate of drug-likeness (QED) is 0.176. The van der Waals surface area contributed by atoms with Crippen molar-refractivity contribution in [1.29, 1.82) is 0 Å². The van der Waals surface area contributed by atoms with Gasteiger partial charge < -0.3 is 29.6 Å². The van der Waals surface area contributed by atoms with Crippen molar-refractivity contribution >= 4 is 28.5 Å². The number of H-pyrrole nitrogens is 1. The van der Waals surface area contributed by atoms with E-state index in [-0.39, 0.29) is 30.1 Å². The summed E-state index contributed by atoms with van der Waals surface area (Å²) in [7, 11) is 4.53. The number of ether oxygens (including phenoxy) is 1. The highest BCUT2D eigenvalue weighted by atomic mass is 19.1. The van der Waals surface area contributed by atoms with Gasteiger partial charge in [-0.3, -0.25) is 24.7 Å². The molecule has 0 aromatic carbocycles. The molecule has 12 nitrogen and oxygen atoms in total. The standard InChI is InChI=1S/C29H40FN7O5/c1-16(2)12-21-26-25(19(30)14-31-21)34-23(35-26)15-37-18(4)17(3)13-22(28(37)40)32-27(39)20(33-29(41)42-7)10-8-9-11-24(38)36(5)6/h9,11,13-14,16,20,29,33,41H,8,10,12,15H2,1-7H3,(H,32,39)(H,34,35)/b11-9+/t20-,29?/m0/s1. The maximum Gasteiger partial charge on any atom is 0.274 e. The SMILES string of the molecule is COC(O)N[C@@H](CC/C=C/C(=O)N(C)C)C(=O)Nc1cc(C)c(C)n(Cc2nc3c(F)cnc(CC(C)C)c3[nH]2)c1=O. The number of aliphatic hydroxyl groups excluding tert-OH is 1. The molecular weight excluding hydrogens is 545 g/mol. The Morgan fingerprint density at radius 3 is 2.64 bits per heavy atom. The van der Waals surface area contributed by atoms with Gasteiger partial charge in [0.1, 0.15) is 17.0 Å². The van der Waals surface area contributed by atoms with Crippen LogP contribution in [-0.2, 0) is 27.3 Å². The van der Waals surface area contributed by atoms with Gasteiger partial charge in [-0.1, -0.05) is 19.9 Å². The number of fused-ring (bicyclic) bond motifs is 1. The molecule has 2 amide bonds. The van der Waals surface area contributed by atoms with E-state index in [1.54, 1.807) is 40.1 Å². The van der Waals surface area contributed by atoms with Crippen LogP contribution in [0.15, 0.2) is 29.2 Å². The third-order valence-electron chi connectivity index (χ3n) is 6.79. The zero-order valence-electron chi connectivity index (χ0n) is 25.1. The Bertz CT molecular complexity index is 1510. The topological polar surface area (TPSA) is 154 Å². The smallest absolute Gasteiger partial charge is 0.274 e. The van der Waals surface area contributed by atoms with Gasteiger partial charge in [0.05, 0.1) is 30.0 Å². The van der Waals surface area contributed by atoms with E-state index in [9.17, 15) is 23.9 Å². The van der Waals surface area contributed by atoms with Gasteiger partial charge in [-0.2, -0.15) is 0 Å². The first-order chi connectivity index (χ1) is 19.8. The van der Waals surface area contributed by atoms with Crippen molar-refractivity contribution in [1.82, 2.24) is 29.7 Å². The van der Waals surface area contributed by atoms with Gasteiger partial charge in [0.15, 0.2) is 5.82 Å². The number of likely N-dealkylation sites (N-methyl/N-ethyl adjacent to an activating group) is 1. The number of nitrogens with zero attached hydrogens (tertiary/aromatic N) is 4. The lowest BCUT2D eigenvalue weighted by Crippen LogP contribution is -2.47. The van der Waals surface area contributed by atoms with Crippen molar-refractivity contribution in [3.8, 4) is 0 Å². The first kappa shape index (κ1) is 32.6. The minimum Gasteiger partial charge on any atom is -0.356 e.